The maximum atomic E-state index is 13.1. The van der Waals surface area contributed by atoms with Gasteiger partial charge in [0, 0.05) is 6.04 Å². The summed E-state index contributed by atoms with van der Waals surface area (Å²) in [6, 6.07) is 8.84. The summed E-state index contributed by atoms with van der Waals surface area (Å²) in [6.07, 6.45) is 5.96. The maximum Gasteiger partial charge on any atom is 0.243 e. The van der Waals surface area contributed by atoms with Gasteiger partial charge in [-0.15, -0.1) is 0 Å². The maximum absolute atomic E-state index is 13.1. The van der Waals surface area contributed by atoms with Crippen LogP contribution < -0.4 is 10.6 Å². The first-order chi connectivity index (χ1) is 14.2. The van der Waals surface area contributed by atoms with Crippen molar-refractivity contribution < 1.29 is 19.6 Å². The quantitative estimate of drug-likeness (QED) is 0.316. The standard InChI is InChI=1S/C23H35N3O4.CH4/c1-23(2,3)20(22(29)24-19-12-8-5-9-13-19)25-21(28)18(15-26(30)16-27)14-17-10-6-4-7-11-17;/h4,6-7,10-11,16,18-20,30H,5,8-9,12-15H2,1-3H3,(H,24,29)(H,25,28);1H4/t18-,20-;/m1./s1. The number of rotatable bonds is 9. The van der Waals surface area contributed by atoms with E-state index in [2.05, 4.69) is 10.6 Å². The van der Waals surface area contributed by atoms with Gasteiger partial charge in [-0.25, -0.2) is 5.06 Å². The Morgan fingerprint density at radius 2 is 1.74 bits per heavy atom. The number of carbonyl (C=O) groups excluding carboxylic acids is 3. The summed E-state index contributed by atoms with van der Waals surface area (Å²) in [4.78, 5) is 37.0. The molecule has 1 saturated carbocycles. The molecule has 3 N–H and O–H groups in total. The van der Waals surface area contributed by atoms with E-state index in [1.54, 1.807) is 0 Å². The summed E-state index contributed by atoms with van der Waals surface area (Å²) < 4.78 is 0. The van der Waals surface area contributed by atoms with Crippen LogP contribution >= 0.6 is 0 Å². The topological polar surface area (TPSA) is 98.7 Å². The molecule has 0 saturated heterocycles. The minimum atomic E-state index is -0.714. The molecule has 31 heavy (non-hydrogen) atoms. The number of nitrogens with one attached hydrogen (secondary N) is 2. The smallest absolute Gasteiger partial charge is 0.243 e. The zero-order chi connectivity index (χ0) is 22.1. The number of nitrogens with zero attached hydrogens (tertiary/aromatic N) is 1. The lowest BCUT2D eigenvalue weighted by atomic mass is 9.84. The van der Waals surface area contributed by atoms with Gasteiger partial charge >= 0.3 is 0 Å². The molecule has 3 amide bonds. The van der Waals surface area contributed by atoms with Crippen molar-refractivity contribution in [1.82, 2.24) is 15.7 Å². The molecule has 2 rings (SSSR count). The molecule has 0 aliphatic heterocycles. The summed E-state index contributed by atoms with van der Waals surface area (Å²) >= 11 is 0. The fourth-order valence-electron chi connectivity index (χ4n) is 3.87. The number of hydroxylamine groups is 2. The predicted octanol–water partition coefficient (Wildman–Crippen LogP) is 3.31. The minimum Gasteiger partial charge on any atom is -0.352 e. The van der Waals surface area contributed by atoms with Crippen molar-refractivity contribution in [3.63, 3.8) is 0 Å². The van der Waals surface area contributed by atoms with Gasteiger partial charge in [0.05, 0.1) is 12.5 Å². The zero-order valence-corrected chi connectivity index (χ0v) is 18.3. The van der Waals surface area contributed by atoms with Crippen LogP contribution in [0.5, 0.6) is 0 Å². The monoisotopic (exact) mass is 433 g/mol. The van der Waals surface area contributed by atoms with E-state index >= 15 is 0 Å². The Kier molecular flexibility index (Phi) is 10.7. The summed E-state index contributed by atoms with van der Waals surface area (Å²) in [6.45, 7) is 5.59. The molecule has 1 aliphatic carbocycles. The Morgan fingerprint density at radius 1 is 1.13 bits per heavy atom. The third kappa shape index (κ3) is 8.69. The van der Waals surface area contributed by atoms with Crippen molar-refractivity contribution in [1.29, 1.82) is 0 Å². The van der Waals surface area contributed by atoms with Gasteiger partial charge in [0.2, 0.25) is 18.2 Å². The van der Waals surface area contributed by atoms with E-state index in [0.29, 0.717) is 11.5 Å². The summed E-state index contributed by atoms with van der Waals surface area (Å²) in [5, 5.41) is 16.1. The van der Waals surface area contributed by atoms with Crippen LogP contribution in [0.2, 0.25) is 0 Å². The Bertz CT molecular complexity index is 697. The van der Waals surface area contributed by atoms with Crippen LogP contribution in [0.3, 0.4) is 0 Å². The fourth-order valence-corrected chi connectivity index (χ4v) is 3.87. The van der Waals surface area contributed by atoms with Gasteiger partial charge < -0.3 is 10.6 Å². The first kappa shape index (κ1) is 26.6. The Morgan fingerprint density at radius 3 is 2.29 bits per heavy atom. The highest BCUT2D eigenvalue weighted by Crippen LogP contribution is 2.23. The number of carbonyl (C=O) groups is 3. The highest BCUT2D eigenvalue weighted by atomic mass is 16.5. The van der Waals surface area contributed by atoms with E-state index in [-0.39, 0.29) is 38.2 Å². The fraction of sp³-hybridized carbons (Fsp3) is 0.625. The second-order valence-corrected chi connectivity index (χ2v) is 9.27. The van der Waals surface area contributed by atoms with E-state index in [9.17, 15) is 19.6 Å². The van der Waals surface area contributed by atoms with Gasteiger partial charge in [-0.1, -0.05) is 77.8 Å². The average Bonchev–Trinajstić information content (AvgIpc) is 2.71. The lowest BCUT2D eigenvalue weighted by Gasteiger charge is -2.34. The molecule has 7 heteroatoms. The first-order valence-electron chi connectivity index (χ1n) is 10.8. The molecule has 0 aromatic heterocycles. The number of hydrogen-bond acceptors (Lipinski definition) is 4. The van der Waals surface area contributed by atoms with Crippen molar-refractivity contribution in [2.24, 2.45) is 11.3 Å². The Hall–Kier alpha value is -2.41. The lowest BCUT2D eigenvalue weighted by molar-refractivity contribution is -0.155. The van der Waals surface area contributed by atoms with E-state index in [4.69, 9.17) is 0 Å². The predicted molar refractivity (Wildman–Crippen MR) is 121 cm³/mol. The first-order valence-corrected chi connectivity index (χ1v) is 10.8. The SMILES string of the molecule is C.CC(C)(C)[C@H](NC(=O)[C@H](Cc1ccccc1)CN(O)C=O)C(=O)NC1CCCCC1. The highest BCUT2D eigenvalue weighted by Gasteiger charge is 2.35. The molecule has 1 fully saturated rings. The van der Waals surface area contributed by atoms with Gasteiger partial charge in [-0.2, -0.15) is 0 Å². The molecule has 174 valence electrons. The van der Waals surface area contributed by atoms with Gasteiger partial charge in [-0.3, -0.25) is 19.6 Å². The van der Waals surface area contributed by atoms with Crippen LogP contribution in [0.1, 0.15) is 65.9 Å². The zero-order valence-electron chi connectivity index (χ0n) is 18.3. The molecular weight excluding hydrogens is 394 g/mol. The summed E-state index contributed by atoms with van der Waals surface area (Å²) in [7, 11) is 0. The number of benzene rings is 1. The van der Waals surface area contributed by atoms with Crippen molar-refractivity contribution in [2.75, 3.05) is 6.54 Å². The minimum absolute atomic E-state index is 0. The van der Waals surface area contributed by atoms with Gasteiger partial charge in [-0.05, 0) is 30.2 Å². The summed E-state index contributed by atoms with van der Waals surface area (Å²) in [5.74, 6) is -1.23. The van der Waals surface area contributed by atoms with Crippen LogP contribution in [0.25, 0.3) is 0 Å². The molecule has 0 heterocycles. The van der Waals surface area contributed by atoms with E-state index in [0.717, 1.165) is 31.2 Å². The molecule has 7 nitrogen and oxygen atoms in total. The lowest BCUT2D eigenvalue weighted by Crippen LogP contribution is -2.57. The van der Waals surface area contributed by atoms with Crippen LogP contribution in [-0.2, 0) is 20.8 Å². The van der Waals surface area contributed by atoms with Crippen LogP contribution in [0.4, 0.5) is 0 Å². The molecule has 1 aromatic carbocycles. The van der Waals surface area contributed by atoms with Crippen LogP contribution in [-0.4, -0.2) is 47.1 Å². The average molecular weight is 434 g/mol. The number of amides is 3. The van der Waals surface area contributed by atoms with Gasteiger partial charge in [0.15, 0.2) is 0 Å². The highest BCUT2D eigenvalue weighted by molar-refractivity contribution is 5.89. The largest absolute Gasteiger partial charge is 0.352 e. The molecular formula is C24H39N3O4. The normalized spacial score (nSPS) is 16.4. The molecule has 2 atom stereocenters. The third-order valence-corrected chi connectivity index (χ3v) is 5.59. The van der Waals surface area contributed by atoms with Crippen molar-refractivity contribution in [2.45, 2.75) is 78.8 Å². The Balaban J connectivity index is 0.00000480. The van der Waals surface area contributed by atoms with Crippen molar-refractivity contribution in [3.8, 4) is 0 Å². The van der Waals surface area contributed by atoms with Crippen LogP contribution in [0, 0.1) is 11.3 Å². The van der Waals surface area contributed by atoms with Crippen LogP contribution in [0.15, 0.2) is 30.3 Å². The molecule has 0 spiro atoms. The number of hydrogen-bond donors (Lipinski definition) is 3. The summed E-state index contributed by atoms with van der Waals surface area (Å²) in [5.41, 5.74) is 0.422. The van der Waals surface area contributed by atoms with E-state index in [1.807, 2.05) is 51.1 Å². The molecule has 1 aromatic rings. The van der Waals surface area contributed by atoms with Crippen molar-refractivity contribution in [3.05, 3.63) is 35.9 Å². The Labute approximate surface area is 186 Å². The molecule has 0 radical (unpaired) electrons. The second-order valence-electron chi connectivity index (χ2n) is 9.27. The molecule has 1 aliphatic rings. The van der Waals surface area contributed by atoms with Gasteiger partial charge in [0.25, 0.3) is 0 Å². The van der Waals surface area contributed by atoms with Gasteiger partial charge in [0.1, 0.15) is 6.04 Å². The van der Waals surface area contributed by atoms with E-state index in [1.165, 1.54) is 6.42 Å². The molecule has 0 bridgehead atoms. The second kappa shape index (κ2) is 12.4. The third-order valence-electron chi connectivity index (χ3n) is 5.59. The molecule has 0 unspecified atom stereocenters. The van der Waals surface area contributed by atoms with E-state index < -0.39 is 17.4 Å². The van der Waals surface area contributed by atoms with Crippen molar-refractivity contribution >= 4 is 18.2 Å².